The summed E-state index contributed by atoms with van der Waals surface area (Å²) in [5.41, 5.74) is 7.02. The van der Waals surface area contributed by atoms with Crippen molar-refractivity contribution in [3.63, 3.8) is 0 Å². The highest BCUT2D eigenvalue weighted by molar-refractivity contribution is 5.93. The normalized spacial score (nSPS) is 18.4. The van der Waals surface area contributed by atoms with Crippen LogP contribution in [-0.2, 0) is 4.79 Å². The first kappa shape index (κ1) is 12.5. The van der Waals surface area contributed by atoms with Crippen molar-refractivity contribution in [2.24, 2.45) is 5.92 Å². The van der Waals surface area contributed by atoms with Gasteiger partial charge in [0.1, 0.15) is 5.75 Å². The van der Waals surface area contributed by atoms with E-state index >= 15 is 0 Å². The predicted octanol–water partition coefficient (Wildman–Crippen LogP) is 2.57. The number of nitrogens with one attached hydrogen (secondary N) is 1. The van der Waals surface area contributed by atoms with E-state index in [2.05, 4.69) is 17.5 Å². The van der Waals surface area contributed by atoms with Crippen LogP contribution in [-0.4, -0.2) is 13.0 Å². The molecule has 0 bridgehead atoms. The molecule has 0 fully saturated rings. The molecule has 0 aromatic heterocycles. The van der Waals surface area contributed by atoms with Gasteiger partial charge < -0.3 is 15.8 Å². The second-order valence-corrected chi connectivity index (χ2v) is 4.43. The van der Waals surface area contributed by atoms with Crippen molar-refractivity contribution in [3.05, 3.63) is 30.4 Å². The van der Waals surface area contributed by atoms with E-state index in [0.29, 0.717) is 11.4 Å². The summed E-state index contributed by atoms with van der Waals surface area (Å²) in [6, 6.07) is 5.26. The molecule has 1 aromatic rings. The lowest BCUT2D eigenvalue weighted by Crippen LogP contribution is -2.23. The summed E-state index contributed by atoms with van der Waals surface area (Å²) in [7, 11) is 1.56. The molecule has 1 amide bonds. The van der Waals surface area contributed by atoms with Crippen LogP contribution in [0.5, 0.6) is 5.75 Å². The third kappa shape index (κ3) is 2.83. The Hall–Kier alpha value is -1.97. The molecule has 1 unspecified atom stereocenters. The first-order valence-electron chi connectivity index (χ1n) is 6.10. The molecule has 0 saturated heterocycles. The Labute approximate surface area is 107 Å². The van der Waals surface area contributed by atoms with E-state index in [1.807, 2.05) is 0 Å². The van der Waals surface area contributed by atoms with Gasteiger partial charge in [-0.15, -0.1) is 0 Å². The van der Waals surface area contributed by atoms with Crippen LogP contribution >= 0.6 is 0 Å². The van der Waals surface area contributed by atoms with Gasteiger partial charge in [0.2, 0.25) is 5.91 Å². The van der Waals surface area contributed by atoms with Gasteiger partial charge in [-0.1, -0.05) is 12.2 Å². The fourth-order valence-electron chi connectivity index (χ4n) is 2.06. The zero-order valence-electron chi connectivity index (χ0n) is 10.5. The van der Waals surface area contributed by atoms with Crippen LogP contribution in [0, 0.1) is 5.92 Å². The molecular weight excluding hydrogens is 228 g/mol. The number of methoxy groups -OCH3 is 1. The minimum absolute atomic E-state index is 0.0613. The maximum Gasteiger partial charge on any atom is 0.227 e. The molecule has 4 heteroatoms. The number of carbonyl (C=O) groups excluding carboxylic acids is 1. The minimum atomic E-state index is 0.0613. The number of rotatable bonds is 3. The molecule has 0 spiro atoms. The topological polar surface area (TPSA) is 64.3 Å². The van der Waals surface area contributed by atoms with Gasteiger partial charge in [0.25, 0.3) is 0 Å². The molecule has 0 aliphatic heterocycles. The fraction of sp³-hybridized carbons (Fsp3) is 0.357. The van der Waals surface area contributed by atoms with Crippen molar-refractivity contribution in [2.45, 2.75) is 19.3 Å². The molecular formula is C14H18N2O2. The fourth-order valence-corrected chi connectivity index (χ4v) is 2.06. The Balaban J connectivity index is 2.04. The highest BCUT2D eigenvalue weighted by atomic mass is 16.5. The summed E-state index contributed by atoms with van der Waals surface area (Å²) >= 11 is 0. The Morgan fingerprint density at radius 2 is 2.28 bits per heavy atom. The van der Waals surface area contributed by atoms with E-state index in [4.69, 9.17) is 10.5 Å². The maximum atomic E-state index is 12.0. The van der Waals surface area contributed by atoms with Crippen LogP contribution < -0.4 is 15.8 Å². The molecule has 2 rings (SSSR count). The Morgan fingerprint density at radius 3 is 2.94 bits per heavy atom. The average molecular weight is 246 g/mol. The molecule has 1 aromatic carbocycles. The highest BCUT2D eigenvalue weighted by Gasteiger charge is 2.18. The van der Waals surface area contributed by atoms with E-state index in [0.717, 1.165) is 24.9 Å². The average Bonchev–Trinajstić information content (AvgIpc) is 2.42. The molecule has 0 radical (unpaired) electrons. The molecule has 18 heavy (non-hydrogen) atoms. The van der Waals surface area contributed by atoms with Crippen LogP contribution in [0.15, 0.2) is 30.4 Å². The summed E-state index contributed by atoms with van der Waals surface area (Å²) in [6.45, 7) is 0. The number of carbonyl (C=O) groups is 1. The molecule has 0 saturated carbocycles. The van der Waals surface area contributed by atoms with E-state index in [1.165, 1.54) is 0 Å². The molecule has 3 N–H and O–H groups in total. The van der Waals surface area contributed by atoms with E-state index < -0.39 is 0 Å². The van der Waals surface area contributed by atoms with Crippen LogP contribution in [0.4, 0.5) is 11.4 Å². The van der Waals surface area contributed by atoms with E-state index in [-0.39, 0.29) is 11.8 Å². The summed E-state index contributed by atoms with van der Waals surface area (Å²) in [5.74, 6) is 0.709. The number of allylic oxidation sites excluding steroid dienone is 2. The van der Waals surface area contributed by atoms with Gasteiger partial charge in [-0.05, 0) is 31.4 Å². The van der Waals surface area contributed by atoms with Crippen LogP contribution in [0.3, 0.4) is 0 Å². The Kier molecular flexibility index (Phi) is 3.87. The molecule has 1 aliphatic carbocycles. The largest absolute Gasteiger partial charge is 0.495 e. The number of ether oxygens (including phenoxy) is 1. The lowest BCUT2D eigenvalue weighted by atomic mass is 9.93. The number of amides is 1. The first-order chi connectivity index (χ1) is 8.70. The second kappa shape index (κ2) is 5.58. The molecule has 1 atom stereocenters. The van der Waals surface area contributed by atoms with Crippen LogP contribution in [0.1, 0.15) is 19.3 Å². The Bertz CT molecular complexity index is 469. The van der Waals surface area contributed by atoms with Gasteiger partial charge >= 0.3 is 0 Å². The van der Waals surface area contributed by atoms with Crippen molar-refractivity contribution < 1.29 is 9.53 Å². The number of anilines is 2. The summed E-state index contributed by atoms with van der Waals surface area (Å²) in [4.78, 5) is 12.0. The van der Waals surface area contributed by atoms with Crippen LogP contribution in [0.25, 0.3) is 0 Å². The lowest BCUT2D eigenvalue weighted by molar-refractivity contribution is -0.120. The first-order valence-corrected chi connectivity index (χ1v) is 6.10. The molecule has 96 valence electrons. The molecule has 1 aliphatic rings. The number of benzene rings is 1. The van der Waals surface area contributed by atoms with E-state index in [1.54, 1.807) is 25.3 Å². The summed E-state index contributed by atoms with van der Waals surface area (Å²) < 4.78 is 5.13. The highest BCUT2D eigenvalue weighted by Crippen LogP contribution is 2.26. The summed E-state index contributed by atoms with van der Waals surface area (Å²) in [5, 5.41) is 2.91. The maximum absolute atomic E-state index is 12.0. The summed E-state index contributed by atoms with van der Waals surface area (Å²) in [6.07, 6.45) is 6.89. The van der Waals surface area contributed by atoms with Crippen molar-refractivity contribution in [1.29, 1.82) is 0 Å². The van der Waals surface area contributed by atoms with Crippen molar-refractivity contribution in [3.8, 4) is 5.75 Å². The van der Waals surface area contributed by atoms with Gasteiger partial charge in [-0.25, -0.2) is 0 Å². The second-order valence-electron chi connectivity index (χ2n) is 4.43. The van der Waals surface area contributed by atoms with Gasteiger partial charge in [-0.3, -0.25) is 4.79 Å². The zero-order chi connectivity index (χ0) is 13.0. The third-order valence-corrected chi connectivity index (χ3v) is 3.14. The number of nitrogen functional groups attached to an aromatic ring is 1. The van der Waals surface area contributed by atoms with Crippen molar-refractivity contribution >= 4 is 17.3 Å². The third-order valence-electron chi connectivity index (χ3n) is 3.14. The minimum Gasteiger partial charge on any atom is -0.495 e. The SMILES string of the molecule is COc1cc(NC(=O)C2CC=CCC2)ccc1N. The van der Waals surface area contributed by atoms with Gasteiger partial charge in [0.15, 0.2) is 0 Å². The quantitative estimate of drug-likeness (QED) is 0.636. The molecule has 4 nitrogen and oxygen atoms in total. The van der Waals surface area contributed by atoms with Gasteiger partial charge in [0, 0.05) is 17.7 Å². The van der Waals surface area contributed by atoms with Gasteiger partial charge in [-0.2, -0.15) is 0 Å². The van der Waals surface area contributed by atoms with Crippen LogP contribution in [0.2, 0.25) is 0 Å². The van der Waals surface area contributed by atoms with Gasteiger partial charge in [0.05, 0.1) is 12.8 Å². The number of hydrogen-bond acceptors (Lipinski definition) is 3. The Morgan fingerprint density at radius 1 is 1.44 bits per heavy atom. The zero-order valence-corrected chi connectivity index (χ0v) is 10.5. The van der Waals surface area contributed by atoms with E-state index in [9.17, 15) is 4.79 Å². The monoisotopic (exact) mass is 246 g/mol. The standard InChI is InChI=1S/C14H18N2O2/c1-18-13-9-11(7-8-12(13)15)16-14(17)10-5-3-2-4-6-10/h2-3,7-10H,4-6,15H2,1H3,(H,16,17). The number of nitrogens with two attached hydrogens (primary N) is 1. The van der Waals surface area contributed by atoms with Crippen molar-refractivity contribution in [1.82, 2.24) is 0 Å². The lowest BCUT2D eigenvalue weighted by Gasteiger charge is -2.17. The van der Waals surface area contributed by atoms with Crippen molar-refractivity contribution in [2.75, 3.05) is 18.2 Å². The predicted molar refractivity (Wildman–Crippen MR) is 72.5 cm³/mol. The molecule has 0 heterocycles. The smallest absolute Gasteiger partial charge is 0.227 e. The number of hydrogen-bond donors (Lipinski definition) is 2.